The quantitative estimate of drug-likeness (QED) is 0.729. The largest absolute Gasteiger partial charge is 0.307 e. The van der Waals surface area contributed by atoms with Crippen molar-refractivity contribution < 1.29 is 8.78 Å². The molecule has 1 fully saturated rings. The fraction of sp³-hybridized carbons (Fsp3) is 0.455. The number of rotatable bonds is 1. The SMILES string of the molecule is CC1(F)CCNC1c1cccc(F)c1. The van der Waals surface area contributed by atoms with Gasteiger partial charge < -0.3 is 5.32 Å². The monoisotopic (exact) mass is 197 g/mol. The van der Waals surface area contributed by atoms with E-state index in [9.17, 15) is 8.78 Å². The summed E-state index contributed by atoms with van der Waals surface area (Å²) in [6.45, 7) is 2.21. The van der Waals surface area contributed by atoms with E-state index >= 15 is 0 Å². The number of hydrogen-bond acceptors (Lipinski definition) is 1. The molecule has 0 aromatic heterocycles. The van der Waals surface area contributed by atoms with Crippen molar-refractivity contribution in [1.29, 1.82) is 0 Å². The lowest BCUT2D eigenvalue weighted by atomic mass is 9.93. The zero-order valence-corrected chi connectivity index (χ0v) is 8.06. The first-order chi connectivity index (χ1) is 6.59. The molecule has 0 saturated carbocycles. The van der Waals surface area contributed by atoms with Gasteiger partial charge >= 0.3 is 0 Å². The molecule has 0 aliphatic carbocycles. The van der Waals surface area contributed by atoms with Crippen LogP contribution in [0, 0.1) is 5.82 Å². The zero-order valence-electron chi connectivity index (χ0n) is 8.06. The number of benzene rings is 1. The van der Waals surface area contributed by atoms with Gasteiger partial charge in [0.25, 0.3) is 0 Å². The molecule has 0 bridgehead atoms. The summed E-state index contributed by atoms with van der Waals surface area (Å²) < 4.78 is 26.8. The van der Waals surface area contributed by atoms with Crippen LogP contribution in [0.3, 0.4) is 0 Å². The third kappa shape index (κ3) is 1.64. The molecule has 1 aliphatic rings. The molecule has 2 unspecified atom stereocenters. The van der Waals surface area contributed by atoms with Gasteiger partial charge in [-0.05, 0) is 37.6 Å². The lowest BCUT2D eigenvalue weighted by Crippen LogP contribution is -2.27. The van der Waals surface area contributed by atoms with Crippen LogP contribution in [0.2, 0.25) is 0 Å². The molecule has 2 rings (SSSR count). The smallest absolute Gasteiger partial charge is 0.128 e. The molecule has 1 N–H and O–H groups in total. The molecule has 76 valence electrons. The standard InChI is InChI=1S/C11H13F2N/c1-11(13)5-6-14-10(11)8-3-2-4-9(12)7-8/h2-4,7,10,14H,5-6H2,1H3. The summed E-state index contributed by atoms with van der Waals surface area (Å²) in [6.07, 6.45) is 0.480. The third-order valence-corrected chi connectivity index (χ3v) is 2.75. The predicted molar refractivity (Wildman–Crippen MR) is 51.3 cm³/mol. The molecule has 0 radical (unpaired) electrons. The van der Waals surface area contributed by atoms with Crippen molar-refractivity contribution in [2.24, 2.45) is 0 Å². The minimum atomic E-state index is -1.27. The summed E-state index contributed by atoms with van der Waals surface area (Å²) in [7, 11) is 0. The zero-order chi connectivity index (χ0) is 10.2. The van der Waals surface area contributed by atoms with Crippen LogP contribution in [0.25, 0.3) is 0 Å². The van der Waals surface area contributed by atoms with E-state index in [0.29, 0.717) is 18.5 Å². The van der Waals surface area contributed by atoms with Crippen LogP contribution < -0.4 is 5.32 Å². The number of nitrogens with one attached hydrogen (secondary N) is 1. The Morgan fingerprint density at radius 3 is 2.86 bits per heavy atom. The highest BCUT2D eigenvalue weighted by atomic mass is 19.1. The van der Waals surface area contributed by atoms with Gasteiger partial charge in [-0.2, -0.15) is 0 Å². The van der Waals surface area contributed by atoms with Gasteiger partial charge in [0, 0.05) is 0 Å². The molecule has 1 aliphatic heterocycles. The first-order valence-electron chi connectivity index (χ1n) is 4.77. The van der Waals surface area contributed by atoms with Gasteiger partial charge in [0.1, 0.15) is 11.5 Å². The van der Waals surface area contributed by atoms with Crippen LogP contribution in [-0.2, 0) is 0 Å². The molecule has 14 heavy (non-hydrogen) atoms. The maximum atomic E-state index is 13.9. The van der Waals surface area contributed by atoms with Gasteiger partial charge in [-0.25, -0.2) is 8.78 Å². The van der Waals surface area contributed by atoms with Crippen molar-refractivity contribution in [3.63, 3.8) is 0 Å². The Bertz CT molecular complexity index is 336. The molecule has 1 aromatic carbocycles. The second kappa shape index (κ2) is 3.31. The van der Waals surface area contributed by atoms with Gasteiger partial charge in [-0.1, -0.05) is 12.1 Å². The van der Waals surface area contributed by atoms with Crippen molar-refractivity contribution in [2.45, 2.75) is 25.1 Å². The Hall–Kier alpha value is -0.960. The topological polar surface area (TPSA) is 12.0 Å². The Balaban J connectivity index is 2.31. The fourth-order valence-electron chi connectivity index (χ4n) is 1.97. The van der Waals surface area contributed by atoms with E-state index in [2.05, 4.69) is 5.32 Å². The van der Waals surface area contributed by atoms with Crippen molar-refractivity contribution in [2.75, 3.05) is 6.54 Å². The van der Waals surface area contributed by atoms with E-state index in [-0.39, 0.29) is 11.9 Å². The summed E-state index contributed by atoms with van der Waals surface area (Å²) in [4.78, 5) is 0. The van der Waals surface area contributed by atoms with E-state index in [0.717, 1.165) is 0 Å². The van der Waals surface area contributed by atoms with E-state index in [4.69, 9.17) is 0 Å². The first-order valence-corrected chi connectivity index (χ1v) is 4.77. The van der Waals surface area contributed by atoms with Crippen LogP contribution in [0.5, 0.6) is 0 Å². The van der Waals surface area contributed by atoms with Crippen LogP contribution >= 0.6 is 0 Å². The second-order valence-electron chi connectivity index (χ2n) is 3.97. The van der Waals surface area contributed by atoms with Crippen molar-refractivity contribution in [3.05, 3.63) is 35.6 Å². The van der Waals surface area contributed by atoms with Crippen molar-refractivity contribution >= 4 is 0 Å². The minimum absolute atomic E-state index is 0.313. The van der Waals surface area contributed by atoms with Gasteiger partial charge in [-0.3, -0.25) is 0 Å². The third-order valence-electron chi connectivity index (χ3n) is 2.75. The average Bonchev–Trinajstić information content (AvgIpc) is 2.45. The highest BCUT2D eigenvalue weighted by Gasteiger charge is 2.39. The molecular weight excluding hydrogens is 184 g/mol. The van der Waals surface area contributed by atoms with E-state index in [1.807, 2.05) is 0 Å². The number of hydrogen-bond donors (Lipinski definition) is 1. The average molecular weight is 197 g/mol. The van der Waals surface area contributed by atoms with Gasteiger partial charge in [0.05, 0.1) is 6.04 Å². The van der Waals surface area contributed by atoms with Crippen LogP contribution in [0.4, 0.5) is 8.78 Å². The summed E-state index contributed by atoms with van der Waals surface area (Å²) >= 11 is 0. The Morgan fingerprint density at radius 1 is 1.50 bits per heavy atom. The highest BCUT2D eigenvalue weighted by molar-refractivity contribution is 5.24. The minimum Gasteiger partial charge on any atom is -0.307 e. The lowest BCUT2D eigenvalue weighted by Gasteiger charge is -2.22. The molecule has 1 nitrogen and oxygen atoms in total. The summed E-state index contributed by atoms with van der Waals surface area (Å²) in [5, 5.41) is 3.05. The predicted octanol–water partition coefficient (Wildman–Crippen LogP) is 2.59. The van der Waals surface area contributed by atoms with Crippen LogP contribution in [-0.4, -0.2) is 12.2 Å². The van der Waals surface area contributed by atoms with Gasteiger partial charge in [0.15, 0.2) is 0 Å². The maximum absolute atomic E-state index is 13.9. The van der Waals surface area contributed by atoms with E-state index in [1.165, 1.54) is 12.1 Å². The number of alkyl halides is 1. The first kappa shape index (κ1) is 9.59. The van der Waals surface area contributed by atoms with Crippen molar-refractivity contribution in [3.8, 4) is 0 Å². The number of halogens is 2. The molecule has 1 aromatic rings. The van der Waals surface area contributed by atoms with Gasteiger partial charge in [0.2, 0.25) is 0 Å². The van der Waals surface area contributed by atoms with E-state index in [1.54, 1.807) is 19.1 Å². The van der Waals surface area contributed by atoms with Crippen LogP contribution in [0.1, 0.15) is 24.9 Å². The summed E-state index contributed by atoms with van der Waals surface area (Å²) in [6, 6.07) is 5.75. The lowest BCUT2D eigenvalue weighted by molar-refractivity contribution is 0.168. The molecule has 3 heteroatoms. The Labute approximate surface area is 82.1 Å². The van der Waals surface area contributed by atoms with Crippen LogP contribution in [0.15, 0.2) is 24.3 Å². The maximum Gasteiger partial charge on any atom is 0.128 e. The summed E-state index contributed by atoms with van der Waals surface area (Å²) in [5.74, 6) is -0.313. The second-order valence-corrected chi connectivity index (χ2v) is 3.97. The molecule has 2 atom stereocenters. The Kier molecular flexibility index (Phi) is 2.27. The fourth-order valence-corrected chi connectivity index (χ4v) is 1.97. The van der Waals surface area contributed by atoms with Gasteiger partial charge in [-0.15, -0.1) is 0 Å². The van der Waals surface area contributed by atoms with Crippen molar-refractivity contribution in [1.82, 2.24) is 5.32 Å². The molecule has 1 saturated heterocycles. The van der Waals surface area contributed by atoms with E-state index < -0.39 is 5.67 Å². The summed E-state index contributed by atoms with van der Waals surface area (Å²) in [5.41, 5.74) is -0.583. The Morgan fingerprint density at radius 2 is 2.29 bits per heavy atom. The highest BCUT2D eigenvalue weighted by Crippen LogP contribution is 2.36. The molecule has 1 heterocycles. The molecule has 0 amide bonds. The normalized spacial score (nSPS) is 32.1. The molecule has 0 spiro atoms. The molecular formula is C11H13F2N.